The molecule has 92 valence electrons. The van der Waals surface area contributed by atoms with Crippen molar-refractivity contribution in [3.8, 4) is 0 Å². The lowest BCUT2D eigenvalue weighted by Gasteiger charge is -2.33. The molecule has 0 aromatic carbocycles. The zero-order valence-corrected chi connectivity index (χ0v) is 11.3. The van der Waals surface area contributed by atoms with E-state index >= 15 is 0 Å². The molecule has 0 fully saturated rings. The van der Waals surface area contributed by atoms with Gasteiger partial charge in [0, 0.05) is 18.1 Å². The molecule has 0 spiro atoms. The Kier molecular flexibility index (Phi) is 8.07. The first-order valence-electron chi connectivity index (χ1n) is 6.50. The highest BCUT2D eigenvalue weighted by Gasteiger charge is 2.17. The molecule has 2 heteroatoms. The smallest absolute Gasteiger partial charge is 0.00842 e. The summed E-state index contributed by atoms with van der Waals surface area (Å²) >= 11 is 0. The summed E-state index contributed by atoms with van der Waals surface area (Å²) in [5.74, 6) is 0. The summed E-state index contributed by atoms with van der Waals surface area (Å²) in [6.07, 6.45) is 5.06. The van der Waals surface area contributed by atoms with Gasteiger partial charge in [-0.3, -0.25) is 4.90 Å². The summed E-state index contributed by atoms with van der Waals surface area (Å²) < 4.78 is 0. The Hall–Kier alpha value is -0.0800. The summed E-state index contributed by atoms with van der Waals surface area (Å²) in [7, 11) is 0. The van der Waals surface area contributed by atoms with E-state index < -0.39 is 0 Å². The normalized spacial score (nSPS) is 16.0. The van der Waals surface area contributed by atoms with Gasteiger partial charge in [-0.25, -0.2) is 0 Å². The highest BCUT2D eigenvalue weighted by molar-refractivity contribution is 4.74. The number of hydrogen-bond acceptors (Lipinski definition) is 2. The largest absolute Gasteiger partial charge is 0.328 e. The lowest BCUT2D eigenvalue weighted by Crippen LogP contribution is -2.42. The molecule has 2 unspecified atom stereocenters. The summed E-state index contributed by atoms with van der Waals surface area (Å²) in [6, 6.07) is 1.56. The molecule has 0 heterocycles. The van der Waals surface area contributed by atoms with Gasteiger partial charge in [-0.2, -0.15) is 0 Å². The quantitative estimate of drug-likeness (QED) is 0.629. The van der Waals surface area contributed by atoms with E-state index in [2.05, 4.69) is 39.5 Å². The minimum Gasteiger partial charge on any atom is -0.328 e. The fraction of sp³-hybridized carbons (Fsp3) is 1.00. The molecule has 0 aliphatic heterocycles. The van der Waals surface area contributed by atoms with E-state index in [9.17, 15) is 0 Å². The molecule has 0 saturated carbocycles. The van der Waals surface area contributed by atoms with E-state index in [1.54, 1.807) is 0 Å². The molecular formula is C13H30N2. The molecule has 0 amide bonds. The van der Waals surface area contributed by atoms with Crippen LogP contribution in [0.3, 0.4) is 0 Å². The Bertz CT molecular complexity index is 143. The number of unbranched alkanes of at least 4 members (excludes halogenated alkanes) is 2. The van der Waals surface area contributed by atoms with Gasteiger partial charge in [0.15, 0.2) is 0 Å². The first-order valence-corrected chi connectivity index (χ1v) is 6.50. The third-order valence-electron chi connectivity index (χ3n) is 2.96. The Morgan fingerprint density at radius 3 is 2.07 bits per heavy atom. The third-order valence-corrected chi connectivity index (χ3v) is 2.96. The first-order chi connectivity index (χ1) is 6.99. The average molecular weight is 214 g/mol. The predicted octanol–water partition coefficient (Wildman–Crippen LogP) is 3.01. The SMILES string of the molecule is CCCCCN(C(C)C)C(C)CC(C)N. The molecule has 15 heavy (non-hydrogen) atoms. The molecule has 2 atom stereocenters. The Morgan fingerprint density at radius 2 is 1.67 bits per heavy atom. The molecule has 2 N–H and O–H groups in total. The van der Waals surface area contributed by atoms with Crippen molar-refractivity contribution < 1.29 is 0 Å². The predicted molar refractivity (Wildman–Crippen MR) is 69.1 cm³/mol. The fourth-order valence-corrected chi connectivity index (χ4v) is 2.21. The van der Waals surface area contributed by atoms with Crippen LogP contribution in [0.15, 0.2) is 0 Å². The topological polar surface area (TPSA) is 29.3 Å². The van der Waals surface area contributed by atoms with Gasteiger partial charge in [0.2, 0.25) is 0 Å². The van der Waals surface area contributed by atoms with Crippen LogP contribution < -0.4 is 5.73 Å². The van der Waals surface area contributed by atoms with E-state index in [0.717, 1.165) is 6.42 Å². The highest BCUT2D eigenvalue weighted by atomic mass is 15.2. The van der Waals surface area contributed by atoms with E-state index in [1.807, 2.05) is 0 Å². The van der Waals surface area contributed by atoms with Crippen LogP contribution in [0.25, 0.3) is 0 Å². The number of hydrogen-bond donors (Lipinski definition) is 1. The van der Waals surface area contributed by atoms with E-state index in [-0.39, 0.29) is 0 Å². The molecule has 0 saturated heterocycles. The van der Waals surface area contributed by atoms with Gasteiger partial charge < -0.3 is 5.73 Å². The standard InChI is InChI=1S/C13H30N2/c1-6-7-8-9-15(11(2)3)13(5)10-12(4)14/h11-13H,6-10,14H2,1-5H3. The minimum atomic E-state index is 0.312. The van der Waals surface area contributed by atoms with Gasteiger partial charge in [0.1, 0.15) is 0 Å². The molecule has 2 nitrogen and oxygen atoms in total. The lowest BCUT2D eigenvalue weighted by molar-refractivity contribution is 0.149. The molecule has 0 aromatic rings. The molecule has 0 aromatic heterocycles. The van der Waals surface area contributed by atoms with Crippen LogP contribution in [-0.2, 0) is 0 Å². The van der Waals surface area contributed by atoms with Crippen LogP contribution >= 0.6 is 0 Å². The maximum Gasteiger partial charge on any atom is 0.00842 e. The zero-order chi connectivity index (χ0) is 11.8. The molecular weight excluding hydrogens is 184 g/mol. The monoisotopic (exact) mass is 214 g/mol. The van der Waals surface area contributed by atoms with Crippen molar-refractivity contribution >= 4 is 0 Å². The second-order valence-corrected chi connectivity index (χ2v) is 5.10. The summed E-state index contributed by atoms with van der Waals surface area (Å²) in [5.41, 5.74) is 5.86. The lowest BCUT2D eigenvalue weighted by atomic mass is 10.1. The van der Waals surface area contributed by atoms with Crippen LogP contribution in [0.2, 0.25) is 0 Å². The van der Waals surface area contributed by atoms with Crippen molar-refractivity contribution in [3.63, 3.8) is 0 Å². The maximum absolute atomic E-state index is 5.86. The van der Waals surface area contributed by atoms with Crippen molar-refractivity contribution in [2.24, 2.45) is 5.73 Å². The summed E-state index contributed by atoms with van der Waals surface area (Å²) in [6.45, 7) is 12.4. The summed E-state index contributed by atoms with van der Waals surface area (Å²) in [5, 5.41) is 0. The van der Waals surface area contributed by atoms with Crippen molar-refractivity contribution in [2.75, 3.05) is 6.54 Å². The van der Waals surface area contributed by atoms with Gasteiger partial charge in [0.25, 0.3) is 0 Å². The van der Waals surface area contributed by atoms with Gasteiger partial charge in [0.05, 0.1) is 0 Å². The van der Waals surface area contributed by atoms with E-state index in [1.165, 1.54) is 25.8 Å². The third kappa shape index (κ3) is 6.91. The van der Waals surface area contributed by atoms with Crippen LogP contribution in [0.5, 0.6) is 0 Å². The highest BCUT2D eigenvalue weighted by Crippen LogP contribution is 2.12. The van der Waals surface area contributed by atoms with Gasteiger partial charge in [-0.05, 0) is 47.1 Å². The summed E-state index contributed by atoms with van der Waals surface area (Å²) in [4.78, 5) is 2.58. The Morgan fingerprint density at radius 1 is 1.07 bits per heavy atom. The molecule has 0 bridgehead atoms. The molecule has 0 aliphatic carbocycles. The van der Waals surface area contributed by atoms with E-state index in [0.29, 0.717) is 18.1 Å². The molecule has 0 rings (SSSR count). The van der Waals surface area contributed by atoms with Gasteiger partial charge in [-0.1, -0.05) is 19.8 Å². The zero-order valence-electron chi connectivity index (χ0n) is 11.3. The van der Waals surface area contributed by atoms with Crippen molar-refractivity contribution in [1.82, 2.24) is 4.90 Å². The first kappa shape index (κ1) is 14.9. The fourth-order valence-electron chi connectivity index (χ4n) is 2.21. The Balaban J connectivity index is 4.01. The van der Waals surface area contributed by atoms with Crippen LogP contribution in [-0.4, -0.2) is 29.6 Å². The van der Waals surface area contributed by atoms with Crippen molar-refractivity contribution in [3.05, 3.63) is 0 Å². The molecule has 0 radical (unpaired) electrons. The number of rotatable bonds is 8. The van der Waals surface area contributed by atoms with Gasteiger partial charge in [-0.15, -0.1) is 0 Å². The maximum atomic E-state index is 5.86. The van der Waals surface area contributed by atoms with Crippen molar-refractivity contribution in [2.45, 2.75) is 78.4 Å². The van der Waals surface area contributed by atoms with Crippen LogP contribution in [0, 0.1) is 0 Å². The second kappa shape index (κ2) is 8.12. The van der Waals surface area contributed by atoms with Gasteiger partial charge >= 0.3 is 0 Å². The van der Waals surface area contributed by atoms with Crippen LogP contribution in [0.1, 0.15) is 60.3 Å². The molecule has 0 aliphatic rings. The minimum absolute atomic E-state index is 0.312. The average Bonchev–Trinajstić information content (AvgIpc) is 2.10. The van der Waals surface area contributed by atoms with Crippen molar-refractivity contribution in [1.29, 1.82) is 0 Å². The van der Waals surface area contributed by atoms with E-state index in [4.69, 9.17) is 5.73 Å². The Labute approximate surface area is 96.2 Å². The second-order valence-electron chi connectivity index (χ2n) is 5.10. The number of nitrogens with zero attached hydrogens (tertiary/aromatic N) is 1. The van der Waals surface area contributed by atoms with Crippen LogP contribution in [0.4, 0.5) is 0 Å². The number of nitrogens with two attached hydrogens (primary N) is 1.